The molecule has 0 saturated heterocycles. The molecule has 0 saturated carbocycles. The second-order valence-electron chi connectivity index (χ2n) is 3.04. The highest BCUT2D eigenvalue weighted by molar-refractivity contribution is 5.37. The van der Waals surface area contributed by atoms with Gasteiger partial charge in [-0.3, -0.25) is 0 Å². The first kappa shape index (κ1) is 10.5. The molecule has 2 aromatic rings. The van der Waals surface area contributed by atoms with Crippen molar-refractivity contribution in [1.82, 2.24) is 14.8 Å². The molecule has 0 aliphatic rings. The minimum Gasteiger partial charge on any atom is -0.368 e. The van der Waals surface area contributed by atoms with Crippen molar-refractivity contribution < 1.29 is 13.2 Å². The Labute approximate surface area is 88.5 Å². The Balaban J connectivity index is 2.48. The van der Waals surface area contributed by atoms with E-state index in [0.717, 1.165) is 4.68 Å². The van der Waals surface area contributed by atoms with Gasteiger partial charge in [0, 0.05) is 0 Å². The summed E-state index contributed by atoms with van der Waals surface area (Å²) in [5.74, 6) is -1.53. The van der Waals surface area contributed by atoms with Crippen molar-refractivity contribution in [2.45, 2.75) is 6.18 Å². The number of rotatable bonds is 1. The van der Waals surface area contributed by atoms with Gasteiger partial charge in [0.15, 0.2) is 0 Å². The summed E-state index contributed by atoms with van der Waals surface area (Å²) in [4.78, 5) is 3.16. The van der Waals surface area contributed by atoms with E-state index in [1.807, 2.05) is 0 Å². The van der Waals surface area contributed by atoms with Gasteiger partial charge in [-0.05, 0) is 12.1 Å². The van der Waals surface area contributed by atoms with Crippen LogP contribution in [0.2, 0.25) is 0 Å². The van der Waals surface area contributed by atoms with Crippen LogP contribution in [-0.4, -0.2) is 14.8 Å². The number of hydrogen-bond acceptors (Lipinski definition) is 3. The Morgan fingerprint density at radius 2 is 1.75 bits per heavy atom. The lowest BCUT2D eigenvalue weighted by molar-refractivity contribution is -0.144. The molecule has 2 N–H and O–H groups in total. The van der Waals surface area contributed by atoms with Crippen molar-refractivity contribution in [3.05, 3.63) is 36.2 Å². The minimum atomic E-state index is -4.59. The van der Waals surface area contributed by atoms with Gasteiger partial charge in [-0.25, -0.2) is 0 Å². The Kier molecular flexibility index (Phi) is 2.30. The van der Waals surface area contributed by atoms with E-state index in [4.69, 9.17) is 5.73 Å². The average molecular weight is 228 g/mol. The second-order valence-corrected chi connectivity index (χ2v) is 3.04. The third kappa shape index (κ3) is 1.83. The van der Waals surface area contributed by atoms with Gasteiger partial charge in [-0.2, -0.15) is 22.8 Å². The van der Waals surface area contributed by atoms with Gasteiger partial charge in [0.1, 0.15) is 0 Å². The molecular formula is C9H7F3N4. The first-order valence-corrected chi connectivity index (χ1v) is 4.33. The van der Waals surface area contributed by atoms with Crippen LogP contribution in [0, 0.1) is 0 Å². The fraction of sp³-hybridized carbons (Fsp3) is 0.111. The number of aromatic nitrogens is 3. The van der Waals surface area contributed by atoms with Crippen molar-refractivity contribution in [1.29, 1.82) is 0 Å². The lowest BCUT2D eigenvalue weighted by Crippen LogP contribution is -2.08. The van der Waals surface area contributed by atoms with Crippen LogP contribution in [0.5, 0.6) is 0 Å². The summed E-state index contributed by atoms with van der Waals surface area (Å²) in [6, 6.07) is 8.26. The van der Waals surface area contributed by atoms with Crippen LogP contribution >= 0.6 is 0 Å². The number of halogens is 3. The molecule has 0 bridgehead atoms. The molecule has 0 atom stereocenters. The summed E-state index contributed by atoms with van der Waals surface area (Å²) in [6.07, 6.45) is -4.59. The molecule has 0 unspecified atom stereocenters. The normalized spacial score (nSPS) is 11.7. The number of alkyl halides is 3. The molecule has 4 nitrogen and oxygen atoms in total. The van der Waals surface area contributed by atoms with Crippen molar-refractivity contribution >= 4 is 5.95 Å². The molecule has 0 aliphatic heterocycles. The molecule has 2 rings (SSSR count). The fourth-order valence-corrected chi connectivity index (χ4v) is 1.20. The Morgan fingerprint density at radius 1 is 1.12 bits per heavy atom. The van der Waals surface area contributed by atoms with E-state index in [-0.39, 0.29) is 5.95 Å². The largest absolute Gasteiger partial charge is 0.453 e. The standard InChI is InChI=1S/C9H7F3N4/c10-9(11,12)7-14-8(13)16(15-7)6-4-2-1-3-5-6/h1-5H,(H2,13,14,15). The van der Waals surface area contributed by atoms with Gasteiger partial charge in [-0.15, -0.1) is 5.10 Å². The van der Waals surface area contributed by atoms with E-state index >= 15 is 0 Å². The number of benzene rings is 1. The van der Waals surface area contributed by atoms with Crippen molar-refractivity contribution in [2.75, 3.05) is 5.73 Å². The van der Waals surface area contributed by atoms with Gasteiger partial charge >= 0.3 is 6.18 Å². The highest BCUT2D eigenvalue weighted by atomic mass is 19.4. The summed E-state index contributed by atoms with van der Waals surface area (Å²) < 4.78 is 37.9. The highest BCUT2D eigenvalue weighted by Crippen LogP contribution is 2.27. The fourth-order valence-electron chi connectivity index (χ4n) is 1.20. The monoisotopic (exact) mass is 228 g/mol. The van der Waals surface area contributed by atoms with E-state index < -0.39 is 12.0 Å². The number of para-hydroxylation sites is 1. The molecule has 0 fully saturated rings. The Hall–Kier alpha value is -2.05. The van der Waals surface area contributed by atoms with Gasteiger partial charge in [0.05, 0.1) is 5.69 Å². The molecule has 1 aromatic heterocycles. The van der Waals surface area contributed by atoms with Crippen molar-refractivity contribution in [3.8, 4) is 5.69 Å². The van der Waals surface area contributed by atoms with Crippen LogP contribution in [0.15, 0.2) is 30.3 Å². The first-order chi connectivity index (χ1) is 7.48. The maximum absolute atomic E-state index is 12.3. The van der Waals surface area contributed by atoms with Crippen LogP contribution < -0.4 is 5.73 Å². The smallest absolute Gasteiger partial charge is 0.368 e. The van der Waals surface area contributed by atoms with Gasteiger partial charge in [0.2, 0.25) is 5.95 Å². The van der Waals surface area contributed by atoms with Gasteiger partial charge in [0.25, 0.3) is 5.82 Å². The zero-order valence-electron chi connectivity index (χ0n) is 7.94. The second kappa shape index (κ2) is 3.51. The zero-order chi connectivity index (χ0) is 11.8. The summed E-state index contributed by atoms with van der Waals surface area (Å²) in [6.45, 7) is 0. The summed E-state index contributed by atoms with van der Waals surface area (Å²) in [5.41, 5.74) is 5.79. The predicted molar refractivity (Wildman–Crippen MR) is 50.8 cm³/mol. The van der Waals surface area contributed by atoms with Crippen molar-refractivity contribution in [2.24, 2.45) is 0 Å². The molecule has 0 aliphatic carbocycles. The molecule has 7 heteroatoms. The lowest BCUT2D eigenvalue weighted by Gasteiger charge is -2.01. The highest BCUT2D eigenvalue weighted by Gasteiger charge is 2.36. The van der Waals surface area contributed by atoms with Crippen molar-refractivity contribution in [3.63, 3.8) is 0 Å². The van der Waals surface area contributed by atoms with Crippen LogP contribution in [0.1, 0.15) is 5.82 Å². The molecule has 16 heavy (non-hydrogen) atoms. The molecular weight excluding hydrogens is 221 g/mol. The van der Waals surface area contributed by atoms with Crippen LogP contribution in [0.25, 0.3) is 5.69 Å². The average Bonchev–Trinajstić information content (AvgIpc) is 2.61. The SMILES string of the molecule is Nc1nc(C(F)(F)F)nn1-c1ccccc1. The van der Waals surface area contributed by atoms with Crippen LogP contribution in [0.4, 0.5) is 19.1 Å². The number of nitrogens with zero attached hydrogens (tertiary/aromatic N) is 3. The minimum absolute atomic E-state index is 0.293. The van der Waals surface area contributed by atoms with Crippen LogP contribution in [-0.2, 0) is 6.18 Å². The lowest BCUT2D eigenvalue weighted by atomic mass is 10.3. The number of nitrogen functional groups attached to an aromatic ring is 1. The molecule has 1 heterocycles. The molecule has 0 spiro atoms. The first-order valence-electron chi connectivity index (χ1n) is 4.33. The van der Waals surface area contributed by atoms with E-state index in [0.29, 0.717) is 5.69 Å². The van der Waals surface area contributed by atoms with E-state index in [1.54, 1.807) is 30.3 Å². The van der Waals surface area contributed by atoms with Gasteiger partial charge in [-0.1, -0.05) is 18.2 Å². The Bertz CT molecular complexity index is 489. The quantitative estimate of drug-likeness (QED) is 0.810. The summed E-state index contributed by atoms with van der Waals surface area (Å²) in [7, 11) is 0. The molecule has 0 radical (unpaired) electrons. The maximum atomic E-state index is 12.3. The van der Waals surface area contributed by atoms with E-state index in [9.17, 15) is 13.2 Å². The van der Waals surface area contributed by atoms with E-state index in [2.05, 4.69) is 10.1 Å². The third-order valence-electron chi connectivity index (χ3n) is 1.89. The summed E-state index contributed by atoms with van der Waals surface area (Å²) >= 11 is 0. The summed E-state index contributed by atoms with van der Waals surface area (Å²) in [5, 5.41) is 3.31. The van der Waals surface area contributed by atoms with E-state index in [1.165, 1.54) is 0 Å². The predicted octanol–water partition coefficient (Wildman–Crippen LogP) is 1.87. The zero-order valence-corrected chi connectivity index (χ0v) is 7.94. The number of nitrogens with two attached hydrogens (primary N) is 1. The number of hydrogen-bond donors (Lipinski definition) is 1. The molecule has 84 valence electrons. The van der Waals surface area contributed by atoms with Crippen LogP contribution in [0.3, 0.4) is 0 Å². The number of anilines is 1. The molecule has 1 aromatic carbocycles. The third-order valence-corrected chi connectivity index (χ3v) is 1.89. The topological polar surface area (TPSA) is 56.7 Å². The maximum Gasteiger partial charge on any atom is 0.453 e. The van der Waals surface area contributed by atoms with Gasteiger partial charge < -0.3 is 5.73 Å². The molecule has 0 amide bonds. The Morgan fingerprint density at radius 3 is 2.25 bits per heavy atom.